The number of likely N-dealkylation sites (tertiary alicyclic amines) is 1. The molecule has 0 radical (unpaired) electrons. The molecular weight excluding hydrogens is 418 g/mol. The van der Waals surface area contributed by atoms with Crippen molar-refractivity contribution in [2.75, 3.05) is 26.3 Å². The summed E-state index contributed by atoms with van der Waals surface area (Å²) < 4.78 is 52.6. The van der Waals surface area contributed by atoms with Crippen LogP contribution in [0.25, 0.3) is 0 Å². The van der Waals surface area contributed by atoms with Crippen molar-refractivity contribution in [1.82, 2.24) is 4.90 Å². The van der Waals surface area contributed by atoms with Crippen molar-refractivity contribution in [2.24, 2.45) is 5.41 Å². The van der Waals surface area contributed by atoms with E-state index in [1.807, 2.05) is 0 Å². The predicted octanol–water partition coefficient (Wildman–Crippen LogP) is 4.73. The van der Waals surface area contributed by atoms with Crippen LogP contribution in [0.5, 0.6) is 5.75 Å². The van der Waals surface area contributed by atoms with Gasteiger partial charge in [-0.25, -0.2) is 0 Å². The summed E-state index contributed by atoms with van der Waals surface area (Å²) in [4.78, 5) is 2.42. The van der Waals surface area contributed by atoms with Crippen LogP contribution in [0.4, 0.5) is 13.2 Å². The van der Waals surface area contributed by atoms with Crippen molar-refractivity contribution < 1.29 is 27.2 Å². The Hall–Kier alpha value is -2.03. The molecule has 8 heteroatoms. The van der Waals surface area contributed by atoms with Crippen LogP contribution in [0.3, 0.4) is 0 Å². The maximum Gasteiger partial charge on any atom is 0.573 e. The zero-order valence-electron chi connectivity index (χ0n) is 18.5. The Kier molecular flexibility index (Phi) is 6.84. The van der Waals surface area contributed by atoms with Crippen molar-refractivity contribution in [1.29, 1.82) is 0 Å². The van der Waals surface area contributed by atoms with E-state index in [9.17, 15) is 13.2 Å². The Labute approximate surface area is 187 Å². The molecule has 0 aromatic heterocycles. The molecular formula is C24H29BF3NO3. The van der Waals surface area contributed by atoms with Crippen molar-refractivity contribution in [2.45, 2.75) is 45.5 Å². The van der Waals surface area contributed by atoms with E-state index in [1.165, 1.54) is 17.7 Å². The fraction of sp³-hybridized carbons (Fsp3) is 0.500. The molecule has 2 saturated heterocycles. The Morgan fingerprint density at radius 3 is 2.12 bits per heavy atom. The van der Waals surface area contributed by atoms with Gasteiger partial charge < -0.3 is 14.0 Å². The Morgan fingerprint density at radius 1 is 0.969 bits per heavy atom. The second kappa shape index (κ2) is 9.45. The zero-order chi connectivity index (χ0) is 22.8. The van der Waals surface area contributed by atoms with E-state index in [0.717, 1.165) is 43.5 Å². The molecule has 2 aromatic carbocycles. The monoisotopic (exact) mass is 447 g/mol. The molecule has 4 rings (SSSR count). The van der Waals surface area contributed by atoms with Crippen molar-refractivity contribution in [3.63, 3.8) is 0 Å². The Morgan fingerprint density at radius 2 is 1.56 bits per heavy atom. The first kappa shape index (κ1) is 23.1. The number of hydrogen-bond donors (Lipinski definition) is 0. The van der Waals surface area contributed by atoms with Gasteiger partial charge in [-0.1, -0.05) is 50.2 Å². The normalized spacial score (nSPS) is 20.3. The minimum absolute atomic E-state index is 0.0570. The zero-order valence-corrected chi connectivity index (χ0v) is 18.5. The summed E-state index contributed by atoms with van der Waals surface area (Å²) >= 11 is 0. The van der Waals surface area contributed by atoms with Gasteiger partial charge in [0.05, 0.1) is 0 Å². The summed E-state index contributed by atoms with van der Waals surface area (Å²) in [5.74, 6) is 0.188. The standard InChI is InChI=1S/C24H29BF3NO3/c1-23(2)16-30-25(31-17-23)21-7-3-18(4-8-21)15-29-13-11-20(12-14-29)19-5-9-22(10-6-19)32-24(26,27)28/h3-10,20H,11-17H2,1-2H3. The van der Waals surface area contributed by atoms with E-state index in [2.05, 4.69) is 47.7 Å². The molecule has 172 valence electrons. The smallest absolute Gasteiger partial charge is 0.407 e. The molecule has 2 aliphatic rings. The van der Waals surface area contributed by atoms with Crippen LogP contribution in [0, 0.1) is 5.41 Å². The molecule has 0 N–H and O–H groups in total. The van der Waals surface area contributed by atoms with E-state index >= 15 is 0 Å². The third-order valence-corrected chi connectivity index (χ3v) is 6.08. The molecule has 0 spiro atoms. The fourth-order valence-corrected chi connectivity index (χ4v) is 4.29. The highest BCUT2D eigenvalue weighted by Gasteiger charge is 2.33. The van der Waals surface area contributed by atoms with Gasteiger partial charge in [0.15, 0.2) is 0 Å². The summed E-state index contributed by atoms with van der Waals surface area (Å²) in [6.45, 7) is 8.43. The van der Waals surface area contributed by atoms with Crippen LogP contribution >= 0.6 is 0 Å². The maximum atomic E-state index is 12.3. The molecule has 0 bridgehead atoms. The molecule has 0 aliphatic carbocycles. The second-order valence-corrected chi connectivity index (χ2v) is 9.53. The molecule has 2 fully saturated rings. The van der Waals surface area contributed by atoms with Gasteiger partial charge in [0.25, 0.3) is 0 Å². The largest absolute Gasteiger partial charge is 0.573 e. The fourth-order valence-electron chi connectivity index (χ4n) is 4.29. The lowest BCUT2D eigenvalue weighted by Gasteiger charge is -2.33. The number of nitrogens with zero attached hydrogens (tertiary/aromatic N) is 1. The molecule has 4 nitrogen and oxygen atoms in total. The van der Waals surface area contributed by atoms with Crippen LogP contribution in [0.1, 0.15) is 43.7 Å². The molecule has 2 aromatic rings. The van der Waals surface area contributed by atoms with Gasteiger partial charge in [0.1, 0.15) is 5.75 Å². The van der Waals surface area contributed by atoms with Crippen LogP contribution in [0.15, 0.2) is 48.5 Å². The summed E-state index contributed by atoms with van der Waals surface area (Å²) in [7, 11) is -0.291. The Bertz CT molecular complexity index is 869. The minimum atomic E-state index is -4.65. The van der Waals surface area contributed by atoms with Crippen LogP contribution in [-0.2, 0) is 15.9 Å². The summed E-state index contributed by atoms with van der Waals surface area (Å²) in [6, 6.07) is 14.7. The average molecular weight is 447 g/mol. The molecule has 2 aliphatic heterocycles. The second-order valence-electron chi connectivity index (χ2n) is 9.53. The number of alkyl halides is 3. The van der Waals surface area contributed by atoms with Gasteiger partial charge in [0, 0.05) is 25.2 Å². The SMILES string of the molecule is CC1(C)COB(c2ccc(CN3CCC(c4ccc(OC(F)(F)F)cc4)CC3)cc2)OC1. The van der Waals surface area contributed by atoms with Gasteiger partial charge in [0.2, 0.25) is 0 Å². The van der Waals surface area contributed by atoms with E-state index in [4.69, 9.17) is 9.31 Å². The lowest BCUT2D eigenvalue weighted by Crippen LogP contribution is -2.47. The van der Waals surface area contributed by atoms with Crippen LogP contribution in [-0.4, -0.2) is 44.7 Å². The highest BCUT2D eigenvalue weighted by Crippen LogP contribution is 2.31. The predicted molar refractivity (Wildman–Crippen MR) is 118 cm³/mol. The molecule has 0 unspecified atom stereocenters. The minimum Gasteiger partial charge on any atom is -0.407 e. The highest BCUT2D eigenvalue weighted by atomic mass is 19.4. The summed E-state index contributed by atoms with van der Waals surface area (Å²) in [5, 5.41) is 0. The lowest BCUT2D eigenvalue weighted by molar-refractivity contribution is -0.274. The average Bonchev–Trinajstić information content (AvgIpc) is 2.75. The van der Waals surface area contributed by atoms with Crippen molar-refractivity contribution >= 4 is 12.6 Å². The molecule has 0 saturated carbocycles. The Balaban J connectivity index is 1.25. The van der Waals surface area contributed by atoms with Gasteiger partial charge in [-0.05, 0) is 60.6 Å². The summed E-state index contributed by atoms with van der Waals surface area (Å²) in [6.07, 6.45) is -2.69. The number of rotatable bonds is 5. The van der Waals surface area contributed by atoms with E-state index < -0.39 is 6.36 Å². The van der Waals surface area contributed by atoms with Crippen LogP contribution < -0.4 is 10.2 Å². The molecule has 32 heavy (non-hydrogen) atoms. The van der Waals surface area contributed by atoms with Crippen LogP contribution in [0.2, 0.25) is 0 Å². The number of piperidine rings is 1. The van der Waals surface area contributed by atoms with E-state index in [-0.39, 0.29) is 18.3 Å². The van der Waals surface area contributed by atoms with Gasteiger partial charge in [-0.15, -0.1) is 13.2 Å². The first-order valence-electron chi connectivity index (χ1n) is 11.1. The van der Waals surface area contributed by atoms with E-state index in [0.29, 0.717) is 19.1 Å². The number of benzene rings is 2. The van der Waals surface area contributed by atoms with Gasteiger partial charge in [-0.2, -0.15) is 0 Å². The maximum absolute atomic E-state index is 12.3. The lowest BCUT2D eigenvalue weighted by atomic mass is 9.75. The van der Waals surface area contributed by atoms with Gasteiger partial charge in [-0.3, -0.25) is 4.90 Å². The van der Waals surface area contributed by atoms with Crippen molar-refractivity contribution in [3.8, 4) is 5.75 Å². The molecule has 2 heterocycles. The topological polar surface area (TPSA) is 30.9 Å². The highest BCUT2D eigenvalue weighted by molar-refractivity contribution is 6.61. The van der Waals surface area contributed by atoms with E-state index in [1.54, 1.807) is 12.1 Å². The first-order chi connectivity index (χ1) is 15.2. The first-order valence-corrected chi connectivity index (χ1v) is 11.1. The third kappa shape index (κ3) is 6.27. The molecule has 0 amide bonds. The van der Waals surface area contributed by atoms with Crippen molar-refractivity contribution in [3.05, 3.63) is 59.7 Å². The quantitative estimate of drug-likeness (QED) is 0.621. The number of halogens is 3. The molecule has 0 atom stereocenters. The van der Waals surface area contributed by atoms with Gasteiger partial charge >= 0.3 is 13.5 Å². The number of hydrogen-bond acceptors (Lipinski definition) is 4. The summed E-state index contributed by atoms with van der Waals surface area (Å²) in [5.41, 5.74) is 3.42. The number of ether oxygens (including phenoxy) is 1. The third-order valence-electron chi connectivity index (χ3n) is 6.08.